The number of para-hydroxylation sites is 2. The smallest absolute Gasteiger partial charge is 0.0980 e. The van der Waals surface area contributed by atoms with Crippen molar-refractivity contribution in [3.8, 4) is 22.5 Å². The Bertz CT molecular complexity index is 655. The summed E-state index contributed by atoms with van der Waals surface area (Å²) in [6.07, 6.45) is 0. The van der Waals surface area contributed by atoms with Crippen LogP contribution in [-0.4, -0.2) is 9.97 Å². The Morgan fingerprint density at radius 1 is 0.562 bits per heavy atom. The van der Waals surface area contributed by atoms with Crippen molar-refractivity contribution in [3.63, 3.8) is 0 Å². The van der Waals surface area contributed by atoms with E-state index in [2.05, 4.69) is 22.1 Å². The first kappa shape index (κ1) is 7.99. The molecule has 1 aliphatic rings. The number of rotatable bonds is 0. The van der Waals surface area contributed by atoms with E-state index in [4.69, 9.17) is 0 Å². The molecule has 4 rings (SSSR count). The highest BCUT2D eigenvalue weighted by molar-refractivity contribution is 6.00. The van der Waals surface area contributed by atoms with E-state index in [1.165, 1.54) is 11.1 Å². The third-order valence-electron chi connectivity index (χ3n) is 3.01. The number of aromatic nitrogens is 2. The van der Waals surface area contributed by atoms with Crippen LogP contribution in [0.25, 0.3) is 33.5 Å². The molecular formula is C14H8N2. The van der Waals surface area contributed by atoms with Gasteiger partial charge in [0.1, 0.15) is 0 Å². The minimum absolute atomic E-state index is 0.968. The van der Waals surface area contributed by atoms with Crippen LogP contribution in [-0.2, 0) is 0 Å². The molecule has 0 bridgehead atoms. The summed E-state index contributed by atoms with van der Waals surface area (Å²) in [6, 6.07) is 16.3. The van der Waals surface area contributed by atoms with Crippen molar-refractivity contribution >= 4 is 11.0 Å². The summed E-state index contributed by atoms with van der Waals surface area (Å²) in [4.78, 5) is 9.28. The maximum atomic E-state index is 4.64. The molecule has 0 unspecified atom stereocenters. The normalized spacial score (nSPS) is 11.8. The first-order chi connectivity index (χ1) is 7.93. The molecule has 1 aliphatic carbocycles. The van der Waals surface area contributed by atoms with E-state index in [-0.39, 0.29) is 0 Å². The Kier molecular flexibility index (Phi) is 1.33. The van der Waals surface area contributed by atoms with Crippen LogP contribution in [0, 0.1) is 0 Å². The van der Waals surface area contributed by atoms with Crippen LogP contribution in [0.2, 0.25) is 0 Å². The zero-order valence-corrected chi connectivity index (χ0v) is 8.51. The van der Waals surface area contributed by atoms with Crippen molar-refractivity contribution in [2.45, 2.75) is 0 Å². The van der Waals surface area contributed by atoms with Gasteiger partial charge in [-0.05, 0) is 12.1 Å². The summed E-state index contributed by atoms with van der Waals surface area (Å²) in [5.41, 5.74) is 6.45. The van der Waals surface area contributed by atoms with E-state index in [0.29, 0.717) is 0 Å². The minimum Gasteiger partial charge on any atom is -0.244 e. The largest absolute Gasteiger partial charge is 0.244 e. The van der Waals surface area contributed by atoms with E-state index in [0.717, 1.165) is 22.4 Å². The second-order valence-corrected chi connectivity index (χ2v) is 3.96. The molecule has 3 aromatic rings. The number of benzene rings is 2. The maximum absolute atomic E-state index is 4.64. The topological polar surface area (TPSA) is 25.8 Å². The molecule has 1 heterocycles. The predicted octanol–water partition coefficient (Wildman–Crippen LogP) is 3.28. The number of nitrogens with zero attached hydrogens (tertiary/aromatic N) is 2. The van der Waals surface area contributed by atoms with Gasteiger partial charge in [-0.3, -0.25) is 0 Å². The van der Waals surface area contributed by atoms with Crippen molar-refractivity contribution in [2.24, 2.45) is 0 Å². The van der Waals surface area contributed by atoms with Gasteiger partial charge >= 0.3 is 0 Å². The van der Waals surface area contributed by atoms with Crippen LogP contribution >= 0.6 is 0 Å². The second-order valence-electron chi connectivity index (χ2n) is 3.96. The summed E-state index contributed by atoms with van der Waals surface area (Å²) in [5, 5.41) is 0. The Hall–Kier alpha value is -2.22. The lowest BCUT2D eigenvalue weighted by molar-refractivity contribution is 1.25. The Morgan fingerprint density at radius 2 is 1.00 bits per heavy atom. The first-order valence-corrected chi connectivity index (χ1v) is 5.30. The average molecular weight is 204 g/mol. The molecule has 0 saturated carbocycles. The van der Waals surface area contributed by atoms with Crippen LogP contribution in [0.4, 0.5) is 0 Å². The predicted molar refractivity (Wildman–Crippen MR) is 64.0 cm³/mol. The molecule has 2 nitrogen and oxygen atoms in total. The van der Waals surface area contributed by atoms with E-state index in [1.807, 2.05) is 36.4 Å². The monoisotopic (exact) mass is 204 g/mol. The van der Waals surface area contributed by atoms with Gasteiger partial charge in [-0.15, -0.1) is 0 Å². The highest BCUT2D eigenvalue weighted by Crippen LogP contribution is 2.44. The molecule has 1 aromatic heterocycles. The lowest BCUT2D eigenvalue weighted by Crippen LogP contribution is -2.04. The fourth-order valence-electron chi connectivity index (χ4n) is 2.21. The third kappa shape index (κ3) is 0.865. The van der Waals surface area contributed by atoms with Gasteiger partial charge in [0.05, 0.1) is 22.4 Å². The summed E-state index contributed by atoms with van der Waals surface area (Å²) in [6.45, 7) is 0. The Labute approximate surface area is 92.6 Å². The highest BCUT2D eigenvalue weighted by Gasteiger charge is 2.25. The molecule has 0 fully saturated rings. The van der Waals surface area contributed by atoms with Crippen molar-refractivity contribution in [1.82, 2.24) is 9.97 Å². The van der Waals surface area contributed by atoms with Gasteiger partial charge in [-0.2, -0.15) is 0 Å². The molecule has 0 amide bonds. The van der Waals surface area contributed by atoms with Crippen molar-refractivity contribution in [3.05, 3.63) is 48.5 Å². The SMILES string of the molecule is c1ccc2c(c1)-c1nc3ccccc3nc1-2. The Morgan fingerprint density at radius 3 is 1.50 bits per heavy atom. The zero-order valence-electron chi connectivity index (χ0n) is 8.51. The molecule has 0 saturated heterocycles. The lowest BCUT2D eigenvalue weighted by Gasteiger charge is -2.21. The van der Waals surface area contributed by atoms with Gasteiger partial charge in [-0.25, -0.2) is 9.97 Å². The second kappa shape index (κ2) is 2.67. The molecule has 2 heteroatoms. The van der Waals surface area contributed by atoms with E-state index >= 15 is 0 Å². The lowest BCUT2D eigenvalue weighted by atomic mass is 9.89. The molecule has 0 atom stereocenters. The molecule has 0 spiro atoms. The third-order valence-corrected chi connectivity index (χ3v) is 3.01. The molecule has 16 heavy (non-hydrogen) atoms. The fraction of sp³-hybridized carbons (Fsp3) is 0. The Balaban J connectivity index is 2.09. The van der Waals surface area contributed by atoms with E-state index in [1.54, 1.807) is 0 Å². The quantitative estimate of drug-likeness (QED) is 0.439. The van der Waals surface area contributed by atoms with Crippen LogP contribution < -0.4 is 0 Å². The first-order valence-electron chi connectivity index (χ1n) is 5.30. The van der Waals surface area contributed by atoms with Crippen LogP contribution in [0.3, 0.4) is 0 Å². The van der Waals surface area contributed by atoms with Gasteiger partial charge in [-0.1, -0.05) is 36.4 Å². The molecule has 74 valence electrons. The molecule has 2 aromatic carbocycles. The van der Waals surface area contributed by atoms with Crippen LogP contribution in [0.5, 0.6) is 0 Å². The number of hydrogen-bond donors (Lipinski definition) is 0. The van der Waals surface area contributed by atoms with E-state index in [9.17, 15) is 0 Å². The minimum atomic E-state index is 0.968. The fourth-order valence-corrected chi connectivity index (χ4v) is 2.21. The highest BCUT2D eigenvalue weighted by atomic mass is 14.9. The summed E-state index contributed by atoms with van der Waals surface area (Å²) in [5.74, 6) is 0. The summed E-state index contributed by atoms with van der Waals surface area (Å²) < 4.78 is 0. The molecular weight excluding hydrogens is 196 g/mol. The van der Waals surface area contributed by atoms with Crippen molar-refractivity contribution < 1.29 is 0 Å². The van der Waals surface area contributed by atoms with Gasteiger partial charge in [0.25, 0.3) is 0 Å². The standard InChI is InChI=1S/C14H8N2/c1-2-6-10-9(5-1)13-14(10)16-12-8-4-3-7-11(12)15-13/h1-8H. The average Bonchev–Trinajstić information content (AvgIpc) is 2.35. The number of hydrogen-bond acceptors (Lipinski definition) is 2. The summed E-state index contributed by atoms with van der Waals surface area (Å²) >= 11 is 0. The molecule has 0 N–H and O–H groups in total. The maximum Gasteiger partial charge on any atom is 0.0980 e. The van der Waals surface area contributed by atoms with Crippen molar-refractivity contribution in [2.75, 3.05) is 0 Å². The molecule has 0 radical (unpaired) electrons. The van der Waals surface area contributed by atoms with Gasteiger partial charge in [0.2, 0.25) is 0 Å². The summed E-state index contributed by atoms with van der Waals surface area (Å²) in [7, 11) is 0. The zero-order chi connectivity index (χ0) is 10.5. The number of fused-ring (bicyclic) bond motifs is 5. The molecule has 0 aliphatic heterocycles. The van der Waals surface area contributed by atoms with Crippen LogP contribution in [0.15, 0.2) is 48.5 Å². The van der Waals surface area contributed by atoms with Gasteiger partial charge in [0.15, 0.2) is 0 Å². The van der Waals surface area contributed by atoms with Crippen molar-refractivity contribution in [1.29, 1.82) is 0 Å². The van der Waals surface area contributed by atoms with Gasteiger partial charge in [0, 0.05) is 11.1 Å². The van der Waals surface area contributed by atoms with Crippen LogP contribution in [0.1, 0.15) is 0 Å². The van der Waals surface area contributed by atoms with E-state index < -0.39 is 0 Å². The van der Waals surface area contributed by atoms with Gasteiger partial charge < -0.3 is 0 Å².